The zero-order valence-corrected chi connectivity index (χ0v) is 11.6. The molecule has 94 valence electrons. The molecule has 1 unspecified atom stereocenters. The number of hydrogen-bond donors (Lipinski definition) is 1. The minimum absolute atomic E-state index is 0.0629. The van der Waals surface area contributed by atoms with E-state index in [1.54, 1.807) is 18.2 Å². The summed E-state index contributed by atoms with van der Waals surface area (Å²) >= 11 is 12.1. The van der Waals surface area contributed by atoms with Crippen LogP contribution in [0.5, 0.6) is 0 Å². The van der Waals surface area contributed by atoms with Crippen LogP contribution in [0.3, 0.4) is 0 Å². The zero-order chi connectivity index (χ0) is 12.5. The summed E-state index contributed by atoms with van der Waals surface area (Å²) in [7, 11) is 0. The van der Waals surface area contributed by atoms with Crippen LogP contribution in [0.25, 0.3) is 0 Å². The average Bonchev–Trinajstić information content (AvgIpc) is 2.32. The highest BCUT2D eigenvalue weighted by atomic mass is 35.5. The SMILES string of the molecule is CC1(C(O)c2cc(Cl)ccc2Cl)CCCCC1. The van der Waals surface area contributed by atoms with Crippen molar-refractivity contribution in [1.29, 1.82) is 0 Å². The van der Waals surface area contributed by atoms with E-state index >= 15 is 0 Å². The molecule has 0 amide bonds. The Morgan fingerprint density at radius 3 is 2.47 bits per heavy atom. The summed E-state index contributed by atoms with van der Waals surface area (Å²) in [5.41, 5.74) is 0.704. The predicted molar refractivity (Wildman–Crippen MR) is 72.6 cm³/mol. The van der Waals surface area contributed by atoms with Crippen LogP contribution >= 0.6 is 23.2 Å². The Labute approximate surface area is 113 Å². The topological polar surface area (TPSA) is 20.2 Å². The Morgan fingerprint density at radius 1 is 1.18 bits per heavy atom. The third kappa shape index (κ3) is 2.78. The molecule has 0 aliphatic heterocycles. The maximum atomic E-state index is 10.6. The minimum Gasteiger partial charge on any atom is -0.388 e. The molecule has 1 aliphatic carbocycles. The van der Waals surface area contributed by atoms with Crippen molar-refractivity contribution in [2.24, 2.45) is 5.41 Å². The monoisotopic (exact) mass is 272 g/mol. The molecule has 0 aromatic heterocycles. The molecule has 1 N–H and O–H groups in total. The second-order valence-electron chi connectivity index (χ2n) is 5.28. The van der Waals surface area contributed by atoms with Crippen LogP contribution in [0.1, 0.15) is 50.7 Å². The van der Waals surface area contributed by atoms with E-state index in [1.807, 2.05) is 0 Å². The fourth-order valence-electron chi connectivity index (χ4n) is 2.73. The van der Waals surface area contributed by atoms with E-state index in [-0.39, 0.29) is 5.41 Å². The van der Waals surface area contributed by atoms with Crippen LogP contribution in [0.2, 0.25) is 10.0 Å². The largest absolute Gasteiger partial charge is 0.388 e. The summed E-state index contributed by atoms with van der Waals surface area (Å²) in [6.07, 6.45) is 5.23. The van der Waals surface area contributed by atoms with E-state index < -0.39 is 6.10 Å². The average molecular weight is 273 g/mol. The first-order chi connectivity index (χ1) is 8.03. The van der Waals surface area contributed by atoms with Crippen molar-refractivity contribution in [2.45, 2.75) is 45.1 Å². The summed E-state index contributed by atoms with van der Waals surface area (Å²) < 4.78 is 0. The molecular weight excluding hydrogens is 255 g/mol. The van der Waals surface area contributed by atoms with Gasteiger partial charge in [-0.15, -0.1) is 0 Å². The van der Waals surface area contributed by atoms with Crippen molar-refractivity contribution < 1.29 is 5.11 Å². The lowest BCUT2D eigenvalue weighted by molar-refractivity contribution is 0.00826. The van der Waals surface area contributed by atoms with Crippen LogP contribution in [0.15, 0.2) is 18.2 Å². The smallest absolute Gasteiger partial charge is 0.0858 e. The molecular formula is C14H18Cl2O. The van der Waals surface area contributed by atoms with Crippen LogP contribution < -0.4 is 0 Å². The number of hydrogen-bond acceptors (Lipinski definition) is 1. The van der Waals surface area contributed by atoms with Crippen molar-refractivity contribution >= 4 is 23.2 Å². The maximum absolute atomic E-state index is 10.6. The second-order valence-corrected chi connectivity index (χ2v) is 6.13. The molecule has 1 nitrogen and oxygen atoms in total. The molecule has 0 bridgehead atoms. The third-order valence-electron chi connectivity index (χ3n) is 3.91. The Kier molecular flexibility index (Phi) is 4.02. The number of aliphatic hydroxyl groups excluding tert-OH is 1. The van der Waals surface area contributed by atoms with Gasteiger partial charge in [-0.3, -0.25) is 0 Å². The second kappa shape index (κ2) is 5.17. The third-order valence-corrected chi connectivity index (χ3v) is 4.49. The van der Waals surface area contributed by atoms with Gasteiger partial charge in [-0.1, -0.05) is 49.4 Å². The van der Waals surface area contributed by atoms with E-state index in [1.165, 1.54) is 19.3 Å². The number of halogens is 2. The molecule has 3 heteroatoms. The summed E-state index contributed by atoms with van der Waals surface area (Å²) in [4.78, 5) is 0. The summed E-state index contributed by atoms with van der Waals surface area (Å²) in [5, 5.41) is 11.8. The molecule has 2 rings (SSSR count). The van der Waals surface area contributed by atoms with E-state index in [9.17, 15) is 5.11 Å². The molecule has 1 aromatic carbocycles. The first kappa shape index (κ1) is 13.2. The highest BCUT2D eigenvalue weighted by Crippen LogP contribution is 2.47. The van der Waals surface area contributed by atoms with Crippen LogP contribution in [0, 0.1) is 5.41 Å². The van der Waals surface area contributed by atoms with E-state index in [0.29, 0.717) is 10.0 Å². The lowest BCUT2D eigenvalue weighted by Gasteiger charge is -2.38. The number of aliphatic hydroxyl groups is 1. The number of benzene rings is 1. The van der Waals surface area contributed by atoms with Gasteiger partial charge in [0.15, 0.2) is 0 Å². The Hall–Kier alpha value is -0.240. The van der Waals surface area contributed by atoms with Gasteiger partial charge in [-0.05, 0) is 36.5 Å². The molecule has 1 aliphatic rings. The van der Waals surface area contributed by atoms with E-state index in [2.05, 4.69) is 6.92 Å². The predicted octanol–water partition coefficient (Wildman–Crippen LogP) is 5.00. The van der Waals surface area contributed by atoms with Crippen molar-refractivity contribution in [3.05, 3.63) is 33.8 Å². The first-order valence-electron chi connectivity index (χ1n) is 6.16. The van der Waals surface area contributed by atoms with Crippen molar-refractivity contribution in [2.75, 3.05) is 0 Å². The summed E-state index contributed by atoms with van der Waals surface area (Å²) in [6, 6.07) is 5.30. The molecule has 0 saturated heterocycles. The van der Waals surface area contributed by atoms with Gasteiger partial charge in [0.1, 0.15) is 0 Å². The van der Waals surface area contributed by atoms with Gasteiger partial charge in [-0.25, -0.2) is 0 Å². The van der Waals surface area contributed by atoms with Crippen LogP contribution in [-0.2, 0) is 0 Å². The fraction of sp³-hybridized carbons (Fsp3) is 0.571. The number of rotatable bonds is 2. The molecule has 1 saturated carbocycles. The normalized spacial score (nSPS) is 21.2. The van der Waals surface area contributed by atoms with E-state index in [0.717, 1.165) is 18.4 Å². The highest BCUT2D eigenvalue weighted by Gasteiger charge is 2.36. The fourth-order valence-corrected chi connectivity index (χ4v) is 3.13. The highest BCUT2D eigenvalue weighted by molar-refractivity contribution is 6.33. The molecule has 0 heterocycles. The van der Waals surface area contributed by atoms with Crippen LogP contribution in [0.4, 0.5) is 0 Å². The van der Waals surface area contributed by atoms with Crippen LogP contribution in [-0.4, -0.2) is 5.11 Å². The lowest BCUT2D eigenvalue weighted by atomic mass is 9.70. The van der Waals surface area contributed by atoms with Gasteiger partial charge in [0, 0.05) is 15.6 Å². The maximum Gasteiger partial charge on any atom is 0.0858 e. The molecule has 1 fully saturated rings. The standard InChI is InChI=1S/C14H18Cl2O/c1-14(7-3-2-4-8-14)13(17)11-9-10(15)5-6-12(11)16/h5-6,9,13,17H,2-4,7-8H2,1H3. The zero-order valence-electron chi connectivity index (χ0n) is 10.0. The molecule has 1 aromatic rings. The molecule has 1 atom stereocenters. The lowest BCUT2D eigenvalue weighted by Crippen LogP contribution is -2.28. The minimum atomic E-state index is -0.519. The van der Waals surface area contributed by atoms with Crippen molar-refractivity contribution in [3.8, 4) is 0 Å². The van der Waals surface area contributed by atoms with Gasteiger partial charge in [0.2, 0.25) is 0 Å². The summed E-state index contributed by atoms with van der Waals surface area (Å²) in [6.45, 7) is 2.15. The van der Waals surface area contributed by atoms with Gasteiger partial charge < -0.3 is 5.11 Å². The molecule has 17 heavy (non-hydrogen) atoms. The Morgan fingerprint density at radius 2 is 1.82 bits per heavy atom. The quantitative estimate of drug-likeness (QED) is 0.804. The summed E-state index contributed by atoms with van der Waals surface area (Å²) in [5.74, 6) is 0. The Bertz CT molecular complexity index is 397. The molecule has 0 radical (unpaired) electrons. The van der Waals surface area contributed by atoms with E-state index in [4.69, 9.17) is 23.2 Å². The van der Waals surface area contributed by atoms with Gasteiger partial charge >= 0.3 is 0 Å². The molecule has 0 spiro atoms. The first-order valence-corrected chi connectivity index (χ1v) is 6.91. The van der Waals surface area contributed by atoms with Crippen molar-refractivity contribution in [1.82, 2.24) is 0 Å². The van der Waals surface area contributed by atoms with Crippen molar-refractivity contribution in [3.63, 3.8) is 0 Å². The van der Waals surface area contributed by atoms with Gasteiger partial charge in [0.25, 0.3) is 0 Å². The van der Waals surface area contributed by atoms with Gasteiger partial charge in [0.05, 0.1) is 6.10 Å². The Balaban J connectivity index is 2.29. The van der Waals surface area contributed by atoms with Gasteiger partial charge in [-0.2, -0.15) is 0 Å².